The van der Waals surface area contributed by atoms with Gasteiger partial charge in [-0.15, -0.1) is 11.8 Å². The Morgan fingerprint density at radius 1 is 1.00 bits per heavy atom. The van der Waals surface area contributed by atoms with Crippen molar-refractivity contribution in [2.75, 3.05) is 0 Å². The Bertz CT molecular complexity index is 1310. The topological polar surface area (TPSA) is 4.41 Å². The van der Waals surface area contributed by atoms with Crippen LogP contribution in [0.15, 0.2) is 71.7 Å². The summed E-state index contributed by atoms with van der Waals surface area (Å²) in [5.74, 6) is 0. The average Bonchev–Trinajstić information content (AvgIpc) is 3.14. The van der Waals surface area contributed by atoms with Crippen LogP contribution in [-0.4, -0.2) is 9.15 Å². The maximum absolute atomic E-state index is 6.36. The highest BCUT2D eigenvalue weighted by molar-refractivity contribution is 8.01. The Morgan fingerprint density at radius 2 is 1.85 bits per heavy atom. The second kappa shape index (κ2) is 4.97. The third-order valence-corrected chi connectivity index (χ3v) is 7.33. The van der Waals surface area contributed by atoms with E-state index in [0.29, 0.717) is 0 Å². The molecule has 2 aliphatic rings. The molecule has 1 nitrogen and oxygen atoms in total. The molecule has 0 N–H and O–H groups in total. The molecular weight excluding hydrogens is 358 g/mol. The van der Waals surface area contributed by atoms with Crippen LogP contribution in [0.4, 0.5) is 0 Å². The number of nitrogens with zero attached hydrogens (tertiary/aromatic N) is 1. The van der Waals surface area contributed by atoms with Gasteiger partial charge < -0.3 is 4.40 Å². The minimum Gasteiger partial charge on any atom is -0.308 e. The highest BCUT2D eigenvalue weighted by Gasteiger charge is 2.41. The number of rotatable bonds is 0. The molecule has 0 spiro atoms. The summed E-state index contributed by atoms with van der Waals surface area (Å²) in [6.07, 6.45) is 7.86. The van der Waals surface area contributed by atoms with Crippen LogP contribution < -0.4 is 0 Å². The molecule has 6 rings (SSSR count). The van der Waals surface area contributed by atoms with Crippen molar-refractivity contribution >= 4 is 56.1 Å². The third kappa shape index (κ3) is 1.79. The zero-order valence-electron chi connectivity index (χ0n) is 14.3. The van der Waals surface area contributed by atoms with Crippen LogP contribution in [0.25, 0.3) is 32.8 Å². The lowest BCUT2D eigenvalue weighted by atomic mass is 9.90. The van der Waals surface area contributed by atoms with Crippen molar-refractivity contribution in [3.05, 3.63) is 77.5 Å². The molecule has 26 heavy (non-hydrogen) atoms. The molecule has 1 aliphatic heterocycles. The van der Waals surface area contributed by atoms with Crippen molar-refractivity contribution < 1.29 is 0 Å². The van der Waals surface area contributed by atoms with Crippen LogP contribution in [0.2, 0.25) is 5.02 Å². The Morgan fingerprint density at radius 3 is 2.73 bits per heavy atom. The average molecular weight is 374 g/mol. The Hall–Kier alpha value is -2.16. The van der Waals surface area contributed by atoms with Gasteiger partial charge in [0, 0.05) is 25.4 Å². The fraction of sp³-hybridized carbons (Fsp3) is 0.130. The normalized spacial score (nSPS) is 21.4. The molecule has 1 unspecified atom stereocenters. The molecule has 1 atom stereocenters. The number of pyridine rings is 1. The third-order valence-electron chi connectivity index (χ3n) is 5.72. The molecular formula is C23H16ClNS. The summed E-state index contributed by atoms with van der Waals surface area (Å²) in [7, 11) is 0. The SMILES string of the molecule is CC12CC=CC=C1c1c(cc3c4ccccc4c4cc(Cl)ccc4n13)S2. The zero-order chi connectivity index (χ0) is 17.5. The van der Waals surface area contributed by atoms with E-state index < -0.39 is 0 Å². The minimum atomic E-state index is 0.144. The second-order valence-electron chi connectivity index (χ2n) is 7.33. The number of fused-ring (bicyclic) bond motifs is 10. The summed E-state index contributed by atoms with van der Waals surface area (Å²) in [4.78, 5) is 1.38. The van der Waals surface area contributed by atoms with Gasteiger partial charge in [0.15, 0.2) is 0 Å². The molecule has 0 saturated heterocycles. The number of allylic oxidation sites excluding steroid dienone is 3. The van der Waals surface area contributed by atoms with Gasteiger partial charge in [-0.1, -0.05) is 54.1 Å². The van der Waals surface area contributed by atoms with Gasteiger partial charge in [0.1, 0.15) is 0 Å². The van der Waals surface area contributed by atoms with Crippen molar-refractivity contribution in [2.24, 2.45) is 0 Å². The van der Waals surface area contributed by atoms with E-state index in [1.165, 1.54) is 43.4 Å². The first-order valence-corrected chi connectivity index (χ1v) is 10.1. The molecule has 0 bridgehead atoms. The van der Waals surface area contributed by atoms with Gasteiger partial charge in [0.2, 0.25) is 0 Å². The molecule has 0 amide bonds. The van der Waals surface area contributed by atoms with Crippen LogP contribution in [0.5, 0.6) is 0 Å². The fourth-order valence-corrected chi connectivity index (χ4v) is 6.12. The van der Waals surface area contributed by atoms with Gasteiger partial charge >= 0.3 is 0 Å². The first-order chi connectivity index (χ1) is 12.7. The van der Waals surface area contributed by atoms with E-state index in [1.54, 1.807) is 0 Å². The molecule has 2 aromatic heterocycles. The quantitative estimate of drug-likeness (QED) is 0.297. The standard InChI is InChI=1S/C23H16ClNS/c1-23-11-5-4-8-18(23)22-21(26-23)13-20-16-7-3-2-6-15(16)17-12-14(24)9-10-19(17)25(20)22/h2-10,12-13H,11H2,1H3. The number of hydrogen-bond donors (Lipinski definition) is 0. The number of hydrogen-bond acceptors (Lipinski definition) is 1. The summed E-state index contributed by atoms with van der Waals surface area (Å²) < 4.78 is 2.59. The van der Waals surface area contributed by atoms with Gasteiger partial charge in [-0.3, -0.25) is 0 Å². The Labute approximate surface area is 161 Å². The van der Waals surface area contributed by atoms with Crippen molar-refractivity contribution in [2.45, 2.75) is 23.0 Å². The Balaban J connectivity index is 1.87. The van der Waals surface area contributed by atoms with Gasteiger partial charge in [0.05, 0.1) is 16.7 Å². The maximum Gasteiger partial charge on any atom is 0.0645 e. The van der Waals surface area contributed by atoms with Crippen LogP contribution >= 0.6 is 23.4 Å². The van der Waals surface area contributed by atoms with Crippen molar-refractivity contribution in [1.82, 2.24) is 4.40 Å². The molecule has 2 aromatic carbocycles. The van der Waals surface area contributed by atoms with E-state index in [4.69, 9.17) is 11.6 Å². The monoisotopic (exact) mass is 373 g/mol. The summed E-state index contributed by atoms with van der Waals surface area (Å²) in [5, 5.41) is 4.54. The first-order valence-electron chi connectivity index (χ1n) is 8.88. The van der Waals surface area contributed by atoms with Crippen LogP contribution in [0.3, 0.4) is 0 Å². The van der Waals surface area contributed by atoms with E-state index in [0.717, 1.165) is 11.4 Å². The van der Waals surface area contributed by atoms with E-state index in [9.17, 15) is 0 Å². The molecule has 0 radical (unpaired) electrons. The molecule has 0 fully saturated rings. The van der Waals surface area contributed by atoms with E-state index in [-0.39, 0.29) is 4.75 Å². The van der Waals surface area contributed by atoms with Crippen LogP contribution in [0, 0.1) is 0 Å². The van der Waals surface area contributed by atoms with Crippen molar-refractivity contribution in [3.8, 4) is 0 Å². The smallest absolute Gasteiger partial charge is 0.0645 e. The van der Waals surface area contributed by atoms with Gasteiger partial charge in [-0.25, -0.2) is 0 Å². The highest BCUT2D eigenvalue weighted by Crippen LogP contribution is 2.57. The second-order valence-corrected chi connectivity index (χ2v) is 9.31. The number of benzene rings is 2. The van der Waals surface area contributed by atoms with Crippen LogP contribution in [-0.2, 0) is 0 Å². The lowest BCUT2D eigenvalue weighted by Crippen LogP contribution is -2.19. The van der Waals surface area contributed by atoms with E-state index in [1.807, 2.05) is 17.8 Å². The van der Waals surface area contributed by atoms with Gasteiger partial charge in [0.25, 0.3) is 0 Å². The molecule has 3 heterocycles. The van der Waals surface area contributed by atoms with Crippen LogP contribution in [0.1, 0.15) is 19.0 Å². The Kier molecular flexibility index (Phi) is 2.86. The molecule has 126 valence electrons. The molecule has 3 heteroatoms. The number of thioether (sulfide) groups is 1. The van der Waals surface area contributed by atoms with Crippen molar-refractivity contribution in [3.63, 3.8) is 0 Å². The summed E-state index contributed by atoms with van der Waals surface area (Å²) in [5.41, 5.74) is 5.30. The first kappa shape index (κ1) is 15.0. The predicted molar refractivity (Wildman–Crippen MR) is 113 cm³/mol. The lowest BCUT2D eigenvalue weighted by molar-refractivity contribution is 0.824. The summed E-state index contributed by atoms with van der Waals surface area (Å²) in [6, 6.07) is 17.3. The zero-order valence-corrected chi connectivity index (χ0v) is 15.9. The highest BCUT2D eigenvalue weighted by atomic mass is 35.5. The maximum atomic E-state index is 6.36. The molecule has 0 saturated carbocycles. The number of aromatic nitrogens is 1. The molecule has 1 aliphatic carbocycles. The number of halogens is 1. The van der Waals surface area contributed by atoms with Crippen molar-refractivity contribution in [1.29, 1.82) is 0 Å². The van der Waals surface area contributed by atoms with Gasteiger partial charge in [-0.2, -0.15) is 0 Å². The minimum absolute atomic E-state index is 0.144. The predicted octanol–water partition coefficient (Wildman–Crippen LogP) is 7.11. The lowest BCUT2D eigenvalue weighted by Gasteiger charge is -2.26. The molecule has 4 aromatic rings. The fourth-order valence-electron chi connectivity index (χ4n) is 4.54. The summed E-state index contributed by atoms with van der Waals surface area (Å²) >= 11 is 8.36. The largest absolute Gasteiger partial charge is 0.308 e. The van der Waals surface area contributed by atoms with E-state index >= 15 is 0 Å². The summed E-state index contributed by atoms with van der Waals surface area (Å²) in [6.45, 7) is 2.36. The van der Waals surface area contributed by atoms with Gasteiger partial charge in [-0.05, 0) is 48.6 Å². The van der Waals surface area contributed by atoms with E-state index in [2.05, 4.69) is 72.0 Å².